The van der Waals surface area contributed by atoms with Crippen LogP contribution in [-0.2, 0) is 26.2 Å². The van der Waals surface area contributed by atoms with E-state index in [1.807, 2.05) is 57.2 Å². The van der Waals surface area contributed by atoms with E-state index >= 15 is 0 Å². The summed E-state index contributed by atoms with van der Waals surface area (Å²) >= 11 is 3.45. The number of benzene rings is 2. The number of hydrogen-bond acceptors (Lipinski definition) is 4. The van der Waals surface area contributed by atoms with Gasteiger partial charge >= 0.3 is 0 Å². The summed E-state index contributed by atoms with van der Waals surface area (Å²) in [5.74, 6) is -0.431. The Labute approximate surface area is 211 Å². The van der Waals surface area contributed by atoms with E-state index in [0.29, 0.717) is 12.1 Å². The summed E-state index contributed by atoms with van der Waals surface area (Å²) in [5.41, 5.74) is 2.42. The molecule has 2 aromatic carbocycles. The molecule has 0 aliphatic carbocycles. The number of hydrogen-bond donors (Lipinski definition) is 1. The fourth-order valence-electron chi connectivity index (χ4n) is 3.61. The first-order chi connectivity index (χ1) is 15.9. The Balaban J connectivity index is 2.17. The lowest BCUT2D eigenvalue weighted by atomic mass is 10.1. The van der Waals surface area contributed by atoms with E-state index < -0.39 is 16.1 Å². The van der Waals surface area contributed by atoms with Crippen LogP contribution in [0.1, 0.15) is 44.7 Å². The Morgan fingerprint density at radius 2 is 1.74 bits per heavy atom. The van der Waals surface area contributed by atoms with E-state index in [4.69, 9.17) is 0 Å². The van der Waals surface area contributed by atoms with E-state index in [0.717, 1.165) is 21.9 Å². The summed E-state index contributed by atoms with van der Waals surface area (Å²) in [6, 6.07) is 14.1. The molecule has 0 bridgehead atoms. The zero-order chi connectivity index (χ0) is 25.5. The first kappa shape index (κ1) is 27.9. The van der Waals surface area contributed by atoms with Crippen molar-refractivity contribution in [1.29, 1.82) is 0 Å². The molecule has 7 nitrogen and oxygen atoms in total. The number of rotatable bonds is 11. The highest BCUT2D eigenvalue weighted by Crippen LogP contribution is 2.21. The second kappa shape index (κ2) is 12.4. The van der Waals surface area contributed by atoms with Gasteiger partial charge in [-0.3, -0.25) is 13.9 Å². The molecule has 34 heavy (non-hydrogen) atoms. The van der Waals surface area contributed by atoms with Crippen LogP contribution in [0.25, 0.3) is 0 Å². The summed E-state index contributed by atoms with van der Waals surface area (Å²) in [6.45, 7) is 7.80. The Bertz CT molecular complexity index is 1100. The lowest BCUT2D eigenvalue weighted by molar-refractivity contribution is -0.140. The molecule has 0 aliphatic rings. The third kappa shape index (κ3) is 8.43. The molecule has 0 aliphatic heterocycles. The Morgan fingerprint density at radius 1 is 1.06 bits per heavy atom. The van der Waals surface area contributed by atoms with Gasteiger partial charge < -0.3 is 10.2 Å². The summed E-state index contributed by atoms with van der Waals surface area (Å²) in [5, 5.41) is 2.87. The molecule has 0 spiro atoms. The number of carbonyl (C=O) groups is 2. The number of halogens is 1. The molecule has 0 aromatic heterocycles. The van der Waals surface area contributed by atoms with Crippen LogP contribution in [0.4, 0.5) is 5.69 Å². The van der Waals surface area contributed by atoms with Crippen molar-refractivity contribution in [3.05, 3.63) is 64.1 Å². The van der Waals surface area contributed by atoms with E-state index in [1.165, 1.54) is 4.31 Å². The highest BCUT2D eigenvalue weighted by atomic mass is 79.9. The topological polar surface area (TPSA) is 86.8 Å². The monoisotopic (exact) mass is 551 g/mol. The number of nitrogens with zero attached hydrogens (tertiary/aromatic N) is 2. The molecule has 0 unspecified atom stereocenters. The molecule has 9 heteroatoms. The van der Waals surface area contributed by atoms with Crippen LogP contribution in [0.15, 0.2) is 53.0 Å². The normalized spacial score (nSPS) is 12.3. The van der Waals surface area contributed by atoms with Crippen LogP contribution in [0.2, 0.25) is 0 Å². The van der Waals surface area contributed by atoms with Gasteiger partial charge in [0.15, 0.2) is 0 Å². The van der Waals surface area contributed by atoms with Crippen molar-refractivity contribution in [2.75, 3.05) is 17.1 Å². The molecule has 0 heterocycles. The number of anilines is 1. The maximum absolute atomic E-state index is 13.3. The van der Waals surface area contributed by atoms with Crippen molar-refractivity contribution < 1.29 is 18.0 Å². The zero-order valence-corrected chi connectivity index (χ0v) is 22.8. The molecular formula is C25H34BrN3O4S. The third-order valence-corrected chi connectivity index (χ3v) is 6.97. The number of carbonyl (C=O) groups excluding carboxylic acids is 2. The second-order valence-electron chi connectivity index (χ2n) is 8.77. The average Bonchev–Trinajstić information content (AvgIpc) is 2.73. The van der Waals surface area contributed by atoms with E-state index in [1.54, 1.807) is 24.0 Å². The predicted octanol–water partition coefficient (Wildman–Crippen LogP) is 4.25. The molecule has 0 fully saturated rings. The van der Waals surface area contributed by atoms with Gasteiger partial charge in [0.25, 0.3) is 0 Å². The lowest BCUT2D eigenvalue weighted by Crippen LogP contribution is -2.49. The van der Waals surface area contributed by atoms with Gasteiger partial charge in [0.2, 0.25) is 21.8 Å². The number of sulfonamides is 1. The van der Waals surface area contributed by atoms with Crippen LogP contribution in [-0.4, -0.2) is 50.0 Å². The maximum atomic E-state index is 13.3. The van der Waals surface area contributed by atoms with Crippen molar-refractivity contribution >= 4 is 43.5 Å². The fourth-order valence-corrected chi connectivity index (χ4v) is 5.01. The quantitative estimate of drug-likeness (QED) is 0.452. The van der Waals surface area contributed by atoms with Gasteiger partial charge in [0.05, 0.1) is 11.9 Å². The first-order valence-corrected chi connectivity index (χ1v) is 13.9. The molecule has 1 N–H and O–H groups in total. The zero-order valence-electron chi connectivity index (χ0n) is 20.4. The van der Waals surface area contributed by atoms with Gasteiger partial charge in [-0.2, -0.15) is 0 Å². The number of nitrogens with one attached hydrogen (secondary N) is 1. The first-order valence-electron chi connectivity index (χ1n) is 11.3. The largest absolute Gasteiger partial charge is 0.352 e. The number of aryl methyl sites for hydroxylation is 1. The SMILES string of the molecule is Cc1cccc(N(CCCC(=O)N(Cc2cccc(Br)c2)[C@H](C)C(=O)NC(C)C)S(C)(=O)=O)c1. The average molecular weight is 553 g/mol. The Hall–Kier alpha value is -2.39. The van der Waals surface area contributed by atoms with Crippen LogP contribution in [0.5, 0.6) is 0 Å². The van der Waals surface area contributed by atoms with Gasteiger partial charge in [-0.1, -0.05) is 40.2 Å². The minimum atomic E-state index is -3.51. The molecular weight excluding hydrogens is 518 g/mol. The highest BCUT2D eigenvalue weighted by Gasteiger charge is 2.27. The predicted molar refractivity (Wildman–Crippen MR) is 140 cm³/mol. The van der Waals surface area contributed by atoms with Crippen LogP contribution in [0.3, 0.4) is 0 Å². The van der Waals surface area contributed by atoms with Crippen LogP contribution in [0, 0.1) is 6.92 Å². The Kier molecular flexibility index (Phi) is 10.1. The maximum Gasteiger partial charge on any atom is 0.242 e. The van der Waals surface area contributed by atoms with Crippen molar-refractivity contribution in [1.82, 2.24) is 10.2 Å². The molecule has 0 saturated heterocycles. The Morgan fingerprint density at radius 3 is 2.32 bits per heavy atom. The molecule has 2 aromatic rings. The van der Waals surface area contributed by atoms with E-state index in [-0.39, 0.29) is 37.4 Å². The standard InChI is InChI=1S/C25H34BrN3O4S/c1-18(2)27-25(31)20(4)28(17-21-10-7-11-22(26)16-21)24(30)13-8-14-29(34(5,32)33)23-12-6-9-19(3)15-23/h6-7,9-12,15-16,18,20H,8,13-14,17H2,1-5H3,(H,27,31)/t20-/m1/s1. The van der Waals surface area contributed by atoms with Gasteiger partial charge in [-0.25, -0.2) is 8.42 Å². The minimum absolute atomic E-state index is 0.0459. The van der Waals surface area contributed by atoms with Crippen molar-refractivity contribution in [2.45, 2.75) is 59.2 Å². The summed E-state index contributed by atoms with van der Waals surface area (Å²) in [7, 11) is -3.51. The van der Waals surface area contributed by atoms with Gasteiger partial charge in [0.1, 0.15) is 6.04 Å². The summed E-state index contributed by atoms with van der Waals surface area (Å²) in [6.07, 6.45) is 1.60. The summed E-state index contributed by atoms with van der Waals surface area (Å²) < 4.78 is 27.0. The lowest BCUT2D eigenvalue weighted by Gasteiger charge is -2.30. The van der Waals surface area contributed by atoms with Crippen LogP contribution < -0.4 is 9.62 Å². The second-order valence-corrected chi connectivity index (χ2v) is 11.6. The molecule has 0 saturated carbocycles. The van der Waals surface area contributed by atoms with E-state index in [9.17, 15) is 18.0 Å². The molecule has 2 amide bonds. The van der Waals surface area contributed by atoms with Gasteiger partial charge in [-0.05, 0) is 69.5 Å². The molecule has 2 rings (SSSR count). The summed E-state index contributed by atoms with van der Waals surface area (Å²) in [4.78, 5) is 27.5. The third-order valence-electron chi connectivity index (χ3n) is 5.28. The smallest absolute Gasteiger partial charge is 0.242 e. The molecule has 186 valence electrons. The van der Waals surface area contributed by atoms with Crippen molar-refractivity contribution in [2.24, 2.45) is 0 Å². The molecule has 1 atom stereocenters. The molecule has 0 radical (unpaired) electrons. The number of amides is 2. The van der Waals surface area contributed by atoms with Gasteiger partial charge in [-0.15, -0.1) is 0 Å². The highest BCUT2D eigenvalue weighted by molar-refractivity contribution is 9.10. The van der Waals surface area contributed by atoms with Crippen molar-refractivity contribution in [3.63, 3.8) is 0 Å². The van der Waals surface area contributed by atoms with Crippen molar-refractivity contribution in [3.8, 4) is 0 Å². The fraction of sp³-hybridized carbons (Fsp3) is 0.440. The van der Waals surface area contributed by atoms with E-state index in [2.05, 4.69) is 21.2 Å². The minimum Gasteiger partial charge on any atom is -0.352 e. The van der Waals surface area contributed by atoms with Gasteiger partial charge in [0, 0.05) is 30.0 Å². The van der Waals surface area contributed by atoms with Crippen LogP contribution >= 0.6 is 15.9 Å².